The van der Waals surface area contributed by atoms with Crippen molar-refractivity contribution in [3.8, 4) is 0 Å². The number of nitrogens with one attached hydrogen (secondary N) is 2. The van der Waals surface area contributed by atoms with Crippen LogP contribution in [0.4, 0.5) is 0 Å². The summed E-state index contributed by atoms with van der Waals surface area (Å²) in [6.45, 7) is 0.601. The molecule has 1 aromatic heterocycles. The Hall–Kier alpha value is -0.850. The fourth-order valence-corrected chi connectivity index (χ4v) is 3.19. The third kappa shape index (κ3) is 2.76. The Labute approximate surface area is 107 Å². The lowest BCUT2D eigenvalue weighted by molar-refractivity contribution is 0.366. The lowest BCUT2D eigenvalue weighted by Crippen LogP contribution is -2.39. The molecule has 100 valence electrons. The molecule has 6 heteroatoms. The molecule has 2 aliphatic carbocycles. The minimum atomic E-state index is -3.47. The standard InChI is InChI=1S/C12H18N2O3S/c15-18(16,14-10-2-1-3-10)12-7-6-11(17-12)8-13-9-4-5-9/h6-7,9-10,13-14H,1-5,8H2. The maximum Gasteiger partial charge on any atom is 0.274 e. The third-order valence-corrected chi connectivity index (χ3v) is 4.86. The van der Waals surface area contributed by atoms with E-state index in [2.05, 4.69) is 10.0 Å². The Kier molecular flexibility index (Phi) is 3.17. The van der Waals surface area contributed by atoms with Gasteiger partial charge < -0.3 is 9.73 Å². The molecule has 2 N–H and O–H groups in total. The lowest BCUT2D eigenvalue weighted by atomic mass is 9.94. The molecule has 2 fully saturated rings. The van der Waals surface area contributed by atoms with Gasteiger partial charge in [0.2, 0.25) is 5.09 Å². The minimum absolute atomic E-state index is 0.0296. The topological polar surface area (TPSA) is 71.3 Å². The summed E-state index contributed by atoms with van der Waals surface area (Å²) in [5.41, 5.74) is 0. The van der Waals surface area contributed by atoms with Gasteiger partial charge in [-0.1, -0.05) is 6.42 Å². The van der Waals surface area contributed by atoms with Gasteiger partial charge in [-0.25, -0.2) is 13.1 Å². The van der Waals surface area contributed by atoms with Gasteiger partial charge in [0.1, 0.15) is 5.76 Å². The van der Waals surface area contributed by atoms with E-state index in [-0.39, 0.29) is 11.1 Å². The van der Waals surface area contributed by atoms with E-state index >= 15 is 0 Å². The fourth-order valence-electron chi connectivity index (χ4n) is 1.93. The van der Waals surface area contributed by atoms with Crippen LogP contribution < -0.4 is 10.0 Å². The summed E-state index contributed by atoms with van der Waals surface area (Å²) in [6.07, 6.45) is 5.36. The van der Waals surface area contributed by atoms with E-state index in [0.29, 0.717) is 18.3 Å². The zero-order valence-corrected chi connectivity index (χ0v) is 11.0. The Morgan fingerprint density at radius 2 is 1.94 bits per heavy atom. The molecule has 1 heterocycles. The van der Waals surface area contributed by atoms with Crippen LogP contribution in [0.1, 0.15) is 37.9 Å². The van der Waals surface area contributed by atoms with Gasteiger partial charge >= 0.3 is 0 Å². The summed E-state index contributed by atoms with van der Waals surface area (Å²) in [5, 5.41) is 3.32. The van der Waals surface area contributed by atoms with Crippen molar-refractivity contribution in [1.29, 1.82) is 0 Å². The molecular formula is C12H18N2O3S. The Balaban J connectivity index is 1.62. The van der Waals surface area contributed by atoms with Crippen LogP contribution in [0, 0.1) is 0 Å². The molecule has 0 saturated heterocycles. The highest BCUT2D eigenvalue weighted by atomic mass is 32.2. The van der Waals surface area contributed by atoms with Gasteiger partial charge in [0.15, 0.2) is 0 Å². The van der Waals surface area contributed by atoms with Crippen LogP contribution in [0.2, 0.25) is 0 Å². The van der Waals surface area contributed by atoms with Gasteiger partial charge in [-0.05, 0) is 37.8 Å². The maximum absolute atomic E-state index is 12.0. The molecule has 5 nitrogen and oxygen atoms in total. The molecule has 3 rings (SSSR count). The zero-order valence-electron chi connectivity index (χ0n) is 10.2. The summed E-state index contributed by atoms with van der Waals surface area (Å²) in [7, 11) is -3.47. The first kappa shape index (κ1) is 12.2. The van der Waals surface area contributed by atoms with Crippen molar-refractivity contribution in [2.24, 2.45) is 0 Å². The van der Waals surface area contributed by atoms with Gasteiger partial charge in [-0.2, -0.15) is 0 Å². The Bertz CT molecular complexity index is 515. The van der Waals surface area contributed by atoms with Crippen LogP contribution in [0.3, 0.4) is 0 Å². The first-order chi connectivity index (χ1) is 8.63. The SMILES string of the molecule is O=S(=O)(NC1CCC1)c1ccc(CNC2CC2)o1. The van der Waals surface area contributed by atoms with Crippen molar-refractivity contribution >= 4 is 10.0 Å². The summed E-state index contributed by atoms with van der Waals surface area (Å²) in [6, 6.07) is 3.94. The number of hydrogen-bond acceptors (Lipinski definition) is 4. The highest BCUT2D eigenvalue weighted by Gasteiger charge is 2.27. The van der Waals surface area contributed by atoms with Crippen LogP contribution in [0.5, 0.6) is 0 Å². The Morgan fingerprint density at radius 1 is 1.17 bits per heavy atom. The minimum Gasteiger partial charge on any atom is -0.447 e. The fraction of sp³-hybridized carbons (Fsp3) is 0.667. The second-order valence-electron chi connectivity index (χ2n) is 5.13. The van der Waals surface area contributed by atoms with Gasteiger partial charge in [-0.3, -0.25) is 0 Å². The van der Waals surface area contributed by atoms with E-state index in [1.165, 1.54) is 18.9 Å². The van der Waals surface area contributed by atoms with Gasteiger partial charge in [0, 0.05) is 12.1 Å². The number of rotatable bonds is 6. The molecule has 0 unspecified atom stereocenters. The molecule has 18 heavy (non-hydrogen) atoms. The second kappa shape index (κ2) is 4.68. The van der Waals surface area contributed by atoms with E-state index in [9.17, 15) is 8.42 Å². The van der Waals surface area contributed by atoms with E-state index in [1.54, 1.807) is 6.07 Å². The summed E-state index contributed by atoms with van der Waals surface area (Å²) >= 11 is 0. The number of hydrogen-bond donors (Lipinski definition) is 2. The largest absolute Gasteiger partial charge is 0.447 e. The summed E-state index contributed by atoms with van der Waals surface area (Å²) in [4.78, 5) is 0. The first-order valence-corrected chi connectivity index (χ1v) is 7.96. The molecular weight excluding hydrogens is 252 g/mol. The normalized spacial score (nSPS) is 20.9. The third-order valence-electron chi connectivity index (χ3n) is 3.47. The van der Waals surface area contributed by atoms with E-state index in [0.717, 1.165) is 19.3 Å². The molecule has 1 aromatic rings. The number of sulfonamides is 1. The second-order valence-corrected chi connectivity index (χ2v) is 6.77. The van der Waals surface area contributed by atoms with Crippen LogP contribution >= 0.6 is 0 Å². The molecule has 0 atom stereocenters. The van der Waals surface area contributed by atoms with Crippen LogP contribution in [-0.2, 0) is 16.6 Å². The maximum atomic E-state index is 12.0. The smallest absolute Gasteiger partial charge is 0.274 e. The Morgan fingerprint density at radius 3 is 2.56 bits per heavy atom. The van der Waals surface area contributed by atoms with Gasteiger partial charge in [0.05, 0.1) is 6.54 Å². The summed E-state index contributed by atoms with van der Waals surface area (Å²) in [5.74, 6) is 0.677. The molecule has 0 amide bonds. The quantitative estimate of drug-likeness (QED) is 0.819. The molecule has 0 bridgehead atoms. The number of furan rings is 1. The van der Waals surface area contributed by atoms with Crippen molar-refractivity contribution in [3.05, 3.63) is 17.9 Å². The predicted octanol–water partition coefficient (Wildman–Crippen LogP) is 1.36. The monoisotopic (exact) mass is 270 g/mol. The van der Waals surface area contributed by atoms with E-state index in [1.807, 2.05) is 0 Å². The molecule has 0 radical (unpaired) electrons. The summed E-state index contributed by atoms with van der Waals surface area (Å²) < 4.78 is 32.0. The molecule has 0 spiro atoms. The van der Waals surface area contributed by atoms with Crippen molar-refractivity contribution < 1.29 is 12.8 Å². The molecule has 0 aliphatic heterocycles. The molecule has 0 aromatic carbocycles. The molecule has 2 saturated carbocycles. The van der Waals surface area contributed by atoms with Gasteiger partial charge in [-0.15, -0.1) is 0 Å². The van der Waals surface area contributed by atoms with Crippen LogP contribution in [-0.4, -0.2) is 20.5 Å². The van der Waals surface area contributed by atoms with Crippen LogP contribution in [0.25, 0.3) is 0 Å². The van der Waals surface area contributed by atoms with Gasteiger partial charge in [0.25, 0.3) is 10.0 Å². The average molecular weight is 270 g/mol. The van der Waals surface area contributed by atoms with E-state index < -0.39 is 10.0 Å². The zero-order chi connectivity index (χ0) is 12.6. The predicted molar refractivity (Wildman–Crippen MR) is 66.5 cm³/mol. The van der Waals surface area contributed by atoms with Crippen molar-refractivity contribution in [3.63, 3.8) is 0 Å². The highest BCUT2D eigenvalue weighted by molar-refractivity contribution is 7.89. The van der Waals surface area contributed by atoms with Crippen LogP contribution in [0.15, 0.2) is 21.6 Å². The molecule has 2 aliphatic rings. The average Bonchev–Trinajstić information content (AvgIpc) is 2.98. The first-order valence-electron chi connectivity index (χ1n) is 6.48. The van der Waals surface area contributed by atoms with E-state index in [4.69, 9.17) is 4.42 Å². The lowest BCUT2D eigenvalue weighted by Gasteiger charge is -2.25. The highest BCUT2D eigenvalue weighted by Crippen LogP contribution is 2.23. The van der Waals surface area contributed by atoms with Crippen molar-refractivity contribution in [1.82, 2.24) is 10.0 Å². The van der Waals surface area contributed by atoms with Crippen molar-refractivity contribution in [2.45, 2.75) is 55.8 Å². The van der Waals surface area contributed by atoms with Crippen molar-refractivity contribution in [2.75, 3.05) is 0 Å².